The molecule has 0 heterocycles. The fraction of sp³-hybridized carbons (Fsp3) is 0.0571. The Morgan fingerprint density at radius 2 is 1.32 bits per heavy atom. The van der Waals surface area contributed by atoms with Crippen LogP contribution in [0.4, 0.5) is 0 Å². The predicted molar refractivity (Wildman–Crippen MR) is 158 cm³/mol. The van der Waals surface area contributed by atoms with Gasteiger partial charge < -0.3 is 14.6 Å². The van der Waals surface area contributed by atoms with Crippen LogP contribution in [0, 0.1) is 18.8 Å². The number of aliphatic carboxylic acids is 1. The lowest BCUT2D eigenvalue weighted by molar-refractivity contribution is -0.131. The Kier molecular flexibility index (Phi) is 7.62. The first kappa shape index (κ1) is 26.9. The molecule has 0 unspecified atom stereocenters. The first-order valence-corrected chi connectivity index (χ1v) is 12.8. The normalized spacial score (nSPS) is 10.8. The highest BCUT2D eigenvalue weighted by atomic mass is 16.5. The van der Waals surface area contributed by atoms with Crippen molar-refractivity contribution in [1.29, 1.82) is 0 Å². The molecule has 1 N–H and O–H groups in total. The van der Waals surface area contributed by atoms with Gasteiger partial charge in [0.2, 0.25) is 0 Å². The van der Waals surface area contributed by atoms with E-state index in [2.05, 4.69) is 11.8 Å². The van der Waals surface area contributed by atoms with Crippen molar-refractivity contribution in [1.82, 2.24) is 0 Å². The SMILES string of the molecule is CC#Cc1ccc2cc(C(=O)Oc3ccc(OC(=O)c4ccc5cc(/C=C/C(=O)O)ccc5c4)c(C)c3)ccc2c1. The van der Waals surface area contributed by atoms with Gasteiger partial charge in [0.1, 0.15) is 11.5 Å². The Morgan fingerprint density at radius 1 is 0.707 bits per heavy atom. The predicted octanol–water partition coefficient (Wildman–Crippen LogP) is 7.21. The van der Waals surface area contributed by atoms with Crippen LogP contribution in [0.1, 0.15) is 44.3 Å². The largest absolute Gasteiger partial charge is 0.478 e. The Labute approximate surface area is 236 Å². The van der Waals surface area contributed by atoms with Crippen LogP contribution < -0.4 is 9.47 Å². The summed E-state index contributed by atoms with van der Waals surface area (Å²) in [6.45, 7) is 3.55. The van der Waals surface area contributed by atoms with Crippen molar-refractivity contribution in [2.45, 2.75) is 13.8 Å². The molecular formula is C35H24O6. The third-order valence-electron chi connectivity index (χ3n) is 6.42. The fourth-order valence-corrected chi connectivity index (χ4v) is 4.38. The number of rotatable bonds is 6. The number of carbonyl (C=O) groups excluding carboxylic acids is 2. The summed E-state index contributed by atoms with van der Waals surface area (Å²) < 4.78 is 11.2. The van der Waals surface area contributed by atoms with Gasteiger partial charge in [0.25, 0.3) is 0 Å². The van der Waals surface area contributed by atoms with Crippen molar-refractivity contribution in [3.8, 4) is 23.3 Å². The lowest BCUT2D eigenvalue weighted by Crippen LogP contribution is -2.10. The van der Waals surface area contributed by atoms with Crippen molar-refractivity contribution in [3.05, 3.63) is 125 Å². The second-order valence-corrected chi connectivity index (χ2v) is 9.35. The minimum Gasteiger partial charge on any atom is -0.478 e. The van der Waals surface area contributed by atoms with E-state index in [0.29, 0.717) is 28.2 Å². The van der Waals surface area contributed by atoms with E-state index in [1.165, 1.54) is 6.08 Å². The highest BCUT2D eigenvalue weighted by molar-refractivity contribution is 5.98. The van der Waals surface area contributed by atoms with Crippen LogP contribution in [0.3, 0.4) is 0 Å². The quantitative estimate of drug-likeness (QED) is 0.106. The molecule has 0 aromatic heterocycles. The number of carbonyl (C=O) groups is 3. The molecule has 0 aliphatic heterocycles. The van der Waals surface area contributed by atoms with E-state index in [9.17, 15) is 14.4 Å². The summed E-state index contributed by atoms with van der Waals surface area (Å²) in [5.41, 5.74) is 3.06. The smallest absolute Gasteiger partial charge is 0.343 e. The lowest BCUT2D eigenvalue weighted by atomic mass is 10.0. The highest BCUT2D eigenvalue weighted by Crippen LogP contribution is 2.27. The van der Waals surface area contributed by atoms with Crippen LogP contribution in [-0.2, 0) is 4.79 Å². The molecule has 0 amide bonds. The zero-order valence-electron chi connectivity index (χ0n) is 22.3. The van der Waals surface area contributed by atoms with E-state index in [-0.39, 0.29) is 0 Å². The zero-order chi connectivity index (χ0) is 28.9. The number of carboxylic acids is 1. The van der Waals surface area contributed by atoms with E-state index in [4.69, 9.17) is 14.6 Å². The van der Waals surface area contributed by atoms with Gasteiger partial charge >= 0.3 is 17.9 Å². The molecular weight excluding hydrogens is 516 g/mol. The van der Waals surface area contributed by atoms with Crippen LogP contribution in [0.2, 0.25) is 0 Å². The maximum Gasteiger partial charge on any atom is 0.343 e. The van der Waals surface area contributed by atoms with Crippen molar-refractivity contribution < 1.29 is 29.0 Å². The molecule has 0 aliphatic rings. The second kappa shape index (κ2) is 11.6. The molecule has 5 rings (SSSR count). The van der Waals surface area contributed by atoms with Crippen molar-refractivity contribution in [3.63, 3.8) is 0 Å². The summed E-state index contributed by atoms with van der Waals surface area (Å²) in [6.07, 6.45) is 2.58. The highest BCUT2D eigenvalue weighted by Gasteiger charge is 2.14. The van der Waals surface area contributed by atoms with Gasteiger partial charge in [0, 0.05) is 11.6 Å². The molecule has 0 aliphatic carbocycles. The number of hydrogen-bond donors (Lipinski definition) is 1. The molecule has 0 bridgehead atoms. The van der Waals surface area contributed by atoms with Crippen molar-refractivity contribution in [2.75, 3.05) is 0 Å². The summed E-state index contributed by atoms with van der Waals surface area (Å²) in [7, 11) is 0. The molecule has 0 saturated heterocycles. The summed E-state index contributed by atoms with van der Waals surface area (Å²) in [4.78, 5) is 36.5. The number of hydrogen-bond acceptors (Lipinski definition) is 5. The minimum atomic E-state index is -1.02. The van der Waals surface area contributed by atoms with Crippen molar-refractivity contribution in [2.24, 2.45) is 0 Å². The van der Waals surface area contributed by atoms with E-state index in [1.807, 2.05) is 36.4 Å². The molecule has 0 spiro atoms. The van der Waals surface area contributed by atoms with Crippen molar-refractivity contribution >= 4 is 45.5 Å². The van der Waals surface area contributed by atoms with Gasteiger partial charge in [-0.2, -0.15) is 0 Å². The number of esters is 2. The Balaban J connectivity index is 1.27. The Morgan fingerprint density at radius 3 is 1.98 bits per heavy atom. The number of fused-ring (bicyclic) bond motifs is 2. The number of benzene rings is 5. The van der Waals surface area contributed by atoms with Gasteiger partial charge in [0.05, 0.1) is 11.1 Å². The zero-order valence-corrected chi connectivity index (χ0v) is 22.3. The number of carboxylic acid groups (broad SMARTS) is 1. The van der Waals surface area contributed by atoms with E-state index >= 15 is 0 Å². The number of ether oxygens (including phenoxy) is 2. The first-order chi connectivity index (χ1) is 19.8. The van der Waals surface area contributed by atoms with Crippen LogP contribution in [-0.4, -0.2) is 23.0 Å². The standard InChI is InChI=1S/C35H24O6/c1-3-4-23-5-8-27-20-29(12-10-25(27)18-23)34(38)40-31-14-15-32(22(2)17-31)41-35(39)30-13-11-26-19-24(7-16-33(36)37)6-9-28(26)21-30/h5-21H,1-2H3,(H,36,37)/b16-7+. The molecule has 41 heavy (non-hydrogen) atoms. The van der Waals surface area contributed by atoms with Gasteiger partial charge in [-0.3, -0.25) is 0 Å². The molecule has 0 atom stereocenters. The first-order valence-electron chi connectivity index (χ1n) is 12.8. The third-order valence-corrected chi connectivity index (χ3v) is 6.42. The lowest BCUT2D eigenvalue weighted by Gasteiger charge is -2.11. The van der Waals surface area contributed by atoms with Gasteiger partial charge in [-0.15, -0.1) is 5.92 Å². The van der Waals surface area contributed by atoms with Crippen LogP contribution in [0.25, 0.3) is 27.6 Å². The van der Waals surface area contributed by atoms with Gasteiger partial charge in [-0.25, -0.2) is 14.4 Å². The maximum absolute atomic E-state index is 12.9. The van der Waals surface area contributed by atoms with Crippen LogP contribution in [0.15, 0.2) is 97.1 Å². The fourth-order valence-electron chi connectivity index (χ4n) is 4.38. The summed E-state index contributed by atoms with van der Waals surface area (Å²) >= 11 is 0. The summed E-state index contributed by atoms with van der Waals surface area (Å²) in [6, 6.07) is 26.6. The van der Waals surface area contributed by atoms with E-state index < -0.39 is 17.9 Å². The summed E-state index contributed by atoms with van der Waals surface area (Å²) in [5, 5.41) is 12.4. The Hall–Kier alpha value is -5.67. The average molecular weight is 541 g/mol. The molecule has 200 valence electrons. The molecule has 5 aromatic carbocycles. The number of aryl methyl sites for hydroxylation is 1. The monoisotopic (exact) mass is 540 g/mol. The minimum absolute atomic E-state index is 0.333. The molecule has 6 nitrogen and oxygen atoms in total. The van der Waals surface area contributed by atoms with Crippen LogP contribution in [0.5, 0.6) is 11.5 Å². The second-order valence-electron chi connectivity index (χ2n) is 9.35. The third kappa shape index (κ3) is 6.32. The maximum atomic E-state index is 12.9. The molecule has 0 saturated carbocycles. The van der Waals surface area contributed by atoms with E-state index in [1.54, 1.807) is 68.4 Å². The summed E-state index contributed by atoms with van der Waals surface area (Å²) in [5.74, 6) is 4.54. The topological polar surface area (TPSA) is 89.9 Å². The van der Waals surface area contributed by atoms with Gasteiger partial charge in [-0.1, -0.05) is 36.3 Å². The molecule has 5 aromatic rings. The molecule has 6 heteroatoms. The average Bonchev–Trinajstić information content (AvgIpc) is 2.97. The molecule has 0 radical (unpaired) electrons. The van der Waals surface area contributed by atoms with Crippen LogP contribution >= 0.6 is 0 Å². The Bertz CT molecular complexity index is 1940. The van der Waals surface area contributed by atoms with Gasteiger partial charge in [0.15, 0.2) is 0 Å². The van der Waals surface area contributed by atoms with Gasteiger partial charge in [-0.05, 0) is 113 Å². The van der Waals surface area contributed by atoms with E-state index in [0.717, 1.165) is 38.7 Å². The molecule has 0 fully saturated rings.